The molecule has 0 bridgehead atoms. The van der Waals surface area contributed by atoms with Gasteiger partial charge in [-0.2, -0.15) is 5.10 Å². The molecule has 0 saturated heterocycles. The van der Waals surface area contributed by atoms with Crippen LogP contribution in [0.5, 0.6) is 0 Å². The lowest BCUT2D eigenvalue weighted by Gasteiger charge is -1.99. The van der Waals surface area contributed by atoms with E-state index in [9.17, 15) is 0 Å². The van der Waals surface area contributed by atoms with Crippen LogP contribution in [-0.4, -0.2) is 30.6 Å². The molecule has 0 spiro atoms. The van der Waals surface area contributed by atoms with Gasteiger partial charge in [-0.3, -0.25) is 5.10 Å². The van der Waals surface area contributed by atoms with Crippen molar-refractivity contribution >= 4 is 0 Å². The van der Waals surface area contributed by atoms with E-state index in [2.05, 4.69) is 30.6 Å². The summed E-state index contributed by atoms with van der Waals surface area (Å²) in [6.07, 6.45) is 6.91. The SMILES string of the molecule is c1oc(-c2c[nH]c3nncc-3c2)cc1-c1c[nH]nn1. The first kappa shape index (κ1) is 10.0. The highest BCUT2D eigenvalue weighted by Gasteiger charge is 2.11. The minimum absolute atomic E-state index is 0.747. The van der Waals surface area contributed by atoms with Gasteiger partial charge in [0, 0.05) is 22.9 Å². The molecule has 0 amide bonds. The molecule has 92 valence electrons. The van der Waals surface area contributed by atoms with Crippen LogP contribution < -0.4 is 0 Å². The number of furan rings is 1. The molecule has 2 aliphatic heterocycles. The summed E-state index contributed by atoms with van der Waals surface area (Å²) in [7, 11) is 0. The van der Waals surface area contributed by atoms with Crippen molar-refractivity contribution in [3.63, 3.8) is 0 Å². The molecule has 19 heavy (non-hydrogen) atoms. The van der Waals surface area contributed by atoms with Crippen molar-refractivity contribution in [1.29, 1.82) is 0 Å². The molecule has 0 unspecified atom stereocenters. The number of nitrogens with zero attached hydrogens (tertiary/aromatic N) is 4. The molecule has 0 fully saturated rings. The summed E-state index contributed by atoms with van der Waals surface area (Å²) in [5.41, 5.74) is 3.49. The summed E-state index contributed by atoms with van der Waals surface area (Å²) in [5, 5.41) is 18.1. The van der Waals surface area contributed by atoms with E-state index in [0.717, 1.165) is 34.0 Å². The maximum atomic E-state index is 5.56. The van der Waals surface area contributed by atoms with Crippen LogP contribution in [0.4, 0.5) is 0 Å². The first-order chi connectivity index (χ1) is 9.40. The van der Waals surface area contributed by atoms with Crippen molar-refractivity contribution in [3.05, 3.63) is 37.0 Å². The van der Waals surface area contributed by atoms with E-state index in [1.54, 1.807) is 18.7 Å². The van der Waals surface area contributed by atoms with Gasteiger partial charge < -0.3 is 9.40 Å². The van der Waals surface area contributed by atoms with Crippen molar-refractivity contribution < 1.29 is 4.42 Å². The molecule has 4 heterocycles. The van der Waals surface area contributed by atoms with Gasteiger partial charge in [0.05, 0.1) is 12.4 Å². The van der Waals surface area contributed by atoms with E-state index >= 15 is 0 Å². The zero-order valence-corrected chi connectivity index (χ0v) is 9.66. The average molecular weight is 252 g/mol. The van der Waals surface area contributed by atoms with Crippen LogP contribution in [0, 0.1) is 0 Å². The number of hydrogen-bond acceptors (Lipinski definition) is 5. The summed E-state index contributed by atoms with van der Waals surface area (Å²) in [6.45, 7) is 0. The summed E-state index contributed by atoms with van der Waals surface area (Å²) < 4.78 is 5.56. The Kier molecular flexibility index (Phi) is 1.99. The lowest BCUT2D eigenvalue weighted by molar-refractivity contribution is 0.583. The van der Waals surface area contributed by atoms with Gasteiger partial charge in [0.25, 0.3) is 0 Å². The van der Waals surface area contributed by atoms with Crippen molar-refractivity contribution in [2.45, 2.75) is 0 Å². The normalized spacial score (nSPS) is 11.2. The van der Waals surface area contributed by atoms with Crippen LogP contribution in [0.2, 0.25) is 0 Å². The Labute approximate surface area is 107 Å². The van der Waals surface area contributed by atoms with Gasteiger partial charge in [-0.25, -0.2) is 0 Å². The molecule has 0 saturated carbocycles. The highest BCUT2D eigenvalue weighted by Crippen LogP contribution is 2.29. The summed E-state index contributed by atoms with van der Waals surface area (Å²) >= 11 is 0. The Morgan fingerprint density at radius 1 is 1.00 bits per heavy atom. The largest absolute Gasteiger partial charge is 0.464 e. The Morgan fingerprint density at radius 2 is 2.00 bits per heavy atom. The number of fused-ring (bicyclic) bond motifs is 1. The molecule has 0 aliphatic carbocycles. The van der Waals surface area contributed by atoms with Crippen molar-refractivity contribution in [2.24, 2.45) is 0 Å². The number of H-pyrrole nitrogens is 2. The highest BCUT2D eigenvalue weighted by molar-refractivity contribution is 5.70. The van der Waals surface area contributed by atoms with Gasteiger partial charge in [-0.05, 0) is 12.1 Å². The fourth-order valence-corrected chi connectivity index (χ4v) is 1.95. The summed E-state index contributed by atoms with van der Waals surface area (Å²) in [6, 6.07) is 3.88. The molecule has 0 aromatic carbocycles. The second kappa shape index (κ2) is 3.77. The lowest BCUT2D eigenvalue weighted by Crippen LogP contribution is -1.84. The zero-order chi connectivity index (χ0) is 12.7. The van der Waals surface area contributed by atoms with E-state index in [1.807, 2.05) is 18.3 Å². The van der Waals surface area contributed by atoms with Crippen LogP contribution in [0.3, 0.4) is 0 Å². The Morgan fingerprint density at radius 3 is 2.89 bits per heavy atom. The van der Waals surface area contributed by atoms with E-state index in [1.165, 1.54) is 0 Å². The van der Waals surface area contributed by atoms with Crippen LogP contribution in [0.25, 0.3) is 34.0 Å². The fourth-order valence-electron chi connectivity index (χ4n) is 1.95. The Bertz CT molecular complexity index is 784. The number of nitrogens with one attached hydrogen (secondary N) is 2. The highest BCUT2D eigenvalue weighted by atomic mass is 16.3. The summed E-state index contributed by atoms with van der Waals surface area (Å²) in [4.78, 5) is 3.07. The Hall–Kier alpha value is -2.96. The van der Waals surface area contributed by atoms with E-state index in [0.29, 0.717) is 0 Å². The van der Waals surface area contributed by atoms with Gasteiger partial charge >= 0.3 is 0 Å². The topological polar surface area (TPSA) is 96.3 Å². The number of aromatic amines is 2. The first-order valence-corrected chi connectivity index (χ1v) is 5.66. The van der Waals surface area contributed by atoms with Gasteiger partial charge in [0.2, 0.25) is 0 Å². The van der Waals surface area contributed by atoms with E-state index in [4.69, 9.17) is 4.42 Å². The predicted molar refractivity (Wildman–Crippen MR) is 66.1 cm³/mol. The number of pyridine rings is 1. The molecule has 2 N–H and O–H groups in total. The Balaban J connectivity index is 1.78. The molecule has 0 atom stereocenters. The second-order valence-corrected chi connectivity index (χ2v) is 4.10. The van der Waals surface area contributed by atoms with Gasteiger partial charge in [-0.1, -0.05) is 5.21 Å². The van der Waals surface area contributed by atoms with Crippen LogP contribution in [-0.2, 0) is 0 Å². The molecule has 7 nitrogen and oxygen atoms in total. The molecule has 2 aliphatic rings. The molecular weight excluding hydrogens is 244 g/mol. The molecule has 7 heteroatoms. The molecule has 4 rings (SSSR count). The first-order valence-electron chi connectivity index (χ1n) is 5.66. The predicted octanol–water partition coefficient (Wildman–Crippen LogP) is 1.95. The third-order valence-electron chi connectivity index (χ3n) is 2.90. The van der Waals surface area contributed by atoms with Gasteiger partial charge in [0.1, 0.15) is 17.7 Å². The quantitative estimate of drug-likeness (QED) is 0.568. The van der Waals surface area contributed by atoms with E-state index < -0.39 is 0 Å². The van der Waals surface area contributed by atoms with Crippen LogP contribution in [0.15, 0.2) is 41.4 Å². The maximum absolute atomic E-state index is 5.56. The van der Waals surface area contributed by atoms with Gasteiger partial charge in [-0.15, -0.1) is 10.2 Å². The van der Waals surface area contributed by atoms with Crippen LogP contribution >= 0.6 is 0 Å². The number of hydrogen-bond donors (Lipinski definition) is 2. The fraction of sp³-hybridized carbons (Fsp3) is 0. The molecule has 2 aromatic rings. The monoisotopic (exact) mass is 252 g/mol. The van der Waals surface area contributed by atoms with Gasteiger partial charge in [0.15, 0.2) is 5.82 Å². The van der Waals surface area contributed by atoms with Crippen molar-refractivity contribution in [1.82, 2.24) is 30.6 Å². The van der Waals surface area contributed by atoms with Crippen molar-refractivity contribution in [3.8, 4) is 34.0 Å². The third-order valence-corrected chi connectivity index (χ3v) is 2.90. The zero-order valence-electron chi connectivity index (χ0n) is 9.66. The maximum Gasteiger partial charge on any atom is 0.161 e. The van der Waals surface area contributed by atoms with Crippen LogP contribution in [0.1, 0.15) is 0 Å². The second-order valence-electron chi connectivity index (χ2n) is 4.10. The minimum Gasteiger partial charge on any atom is -0.464 e. The number of aromatic nitrogens is 6. The lowest BCUT2D eigenvalue weighted by atomic mass is 10.1. The van der Waals surface area contributed by atoms with Crippen molar-refractivity contribution in [2.75, 3.05) is 0 Å². The number of rotatable bonds is 2. The molecule has 2 aromatic heterocycles. The standard InChI is InChI=1S/C12H8N6O/c1-7(3-13-12-8(1)4-14-17-12)11-2-9(6-19-11)10-5-15-18-16-10/h1-6H,(H,13,14,17)(H,15,16,18). The summed E-state index contributed by atoms with van der Waals surface area (Å²) in [5.74, 6) is 1.50. The molecular formula is C12H8N6O. The minimum atomic E-state index is 0.747. The van der Waals surface area contributed by atoms with E-state index in [-0.39, 0.29) is 0 Å². The average Bonchev–Trinajstić information content (AvgIpc) is 3.18. The molecule has 0 radical (unpaired) electrons. The third kappa shape index (κ3) is 1.60. The smallest absolute Gasteiger partial charge is 0.161 e.